The quantitative estimate of drug-likeness (QED) is 0.477. The van der Waals surface area contributed by atoms with Gasteiger partial charge in [0.2, 0.25) is 0 Å². The highest BCUT2D eigenvalue weighted by Crippen LogP contribution is 2.15. The lowest BCUT2D eigenvalue weighted by atomic mass is 10.2. The van der Waals surface area contributed by atoms with Gasteiger partial charge >= 0.3 is 6.09 Å². The number of hydrazone groups is 1. The molecule has 0 bridgehead atoms. The molecular weight excluding hydrogens is 214 g/mol. The molecule has 0 aromatic heterocycles. The molecule has 1 aromatic rings. The van der Waals surface area contributed by atoms with E-state index in [1.807, 2.05) is 0 Å². The maximum Gasteiger partial charge on any atom is 0.427 e. The molecule has 0 spiro atoms. The van der Waals surface area contributed by atoms with Crippen molar-refractivity contribution < 1.29 is 14.8 Å². The number of para-hydroxylation sites is 1. The second kappa shape index (κ2) is 4.87. The minimum atomic E-state index is -1.24. The summed E-state index contributed by atoms with van der Waals surface area (Å²) in [5.41, 5.74) is 0.130. The molecule has 1 N–H and O–H groups in total. The Kier molecular flexibility index (Phi) is 3.54. The second-order valence-electron chi connectivity index (χ2n) is 2.87. The standard InChI is InChI=1S/C9H9N3O4/c1-11(9(13)14)10-6-7-4-2-3-5-8(7)12(15)16/h2-6H,1H3,(H,13,14). The van der Waals surface area contributed by atoms with E-state index in [1.54, 1.807) is 6.07 Å². The number of nitro groups is 1. The van der Waals surface area contributed by atoms with Gasteiger partial charge in [0.05, 0.1) is 16.7 Å². The van der Waals surface area contributed by atoms with E-state index in [4.69, 9.17) is 5.11 Å². The van der Waals surface area contributed by atoms with Crippen LogP contribution in [0.4, 0.5) is 10.5 Å². The van der Waals surface area contributed by atoms with E-state index >= 15 is 0 Å². The van der Waals surface area contributed by atoms with E-state index in [1.165, 1.54) is 25.2 Å². The van der Waals surface area contributed by atoms with Crippen molar-refractivity contribution in [3.63, 3.8) is 0 Å². The lowest BCUT2D eigenvalue weighted by Gasteiger charge is -2.04. The van der Waals surface area contributed by atoms with Gasteiger partial charge in [0, 0.05) is 13.1 Å². The van der Waals surface area contributed by atoms with Crippen molar-refractivity contribution in [2.75, 3.05) is 7.05 Å². The lowest BCUT2D eigenvalue weighted by molar-refractivity contribution is -0.385. The van der Waals surface area contributed by atoms with Crippen LogP contribution < -0.4 is 0 Å². The Bertz CT molecular complexity index is 444. The average molecular weight is 223 g/mol. The SMILES string of the molecule is CN(N=Cc1ccccc1[N+](=O)[O-])C(=O)O. The zero-order chi connectivity index (χ0) is 12.1. The third-order valence-corrected chi connectivity index (χ3v) is 1.78. The van der Waals surface area contributed by atoms with Crippen LogP contribution in [0.25, 0.3) is 0 Å². The first-order valence-electron chi connectivity index (χ1n) is 4.26. The highest BCUT2D eigenvalue weighted by Gasteiger charge is 2.10. The summed E-state index contributed by atoms with van der Waals surface area (Å²) in [5.74, 6) is 0. The largest absolute Gasteiger partial charge is 0.464 e. The average Bonchev–Trinajstić information content (AvgIpc) is 2.25. The van der Waals surface area contributed by atoms with Gasteiger partial charge in [-0.25, -0.2) is 9.80 Å². The molecular formula is C9H9N3O4. The minimum Gasteiger partial charge on any atom is -0.464 e. The molecule has 0 fully saturated rings. The fourth-order valence-corrected chi connectivity index (χ4v) is 0.961. The Morgan fingerprint density at radius 2 is 2.19 bits per heavy atom. The van der Waals surface area contributed by atoms with E-state index < -0.39 is 11.0 Å². The maximum atomic E-state index is 10.6. The predicted molar refractivity (Wildman–Crippen MR) is 56.5 cm³/mol. The monoisotopic (exact) mass is 223 g/mol. The summed E-state index contributed by atoms with van der Waals surface area (Å²) in [6, 6.07) is 5.94. The van der Waals surface area contributed by atoms with Gasteiger partial charge in [-0.3, -0.25) is 10.1 Å². The number of carbonyl (C=O) groups is 1. The normalized spacial score (nSPS) is 10.3. The Morgan fingerprint density at radius 3 is 2.75 bits per heavy atom. The molecule has 7 heteroatoms. The van der Waals surface area contributed by atoms with E-state index in [0.29, 0.717) is 5.01 Å². The molecule has 0 radical (unpaired) electrons. The summed E-state index contributed by atoms with van der Waals surface area (Å²) in [4.78, 5) is 20.5. The van der Waals surface area contributed by atoms with E-state index in [0.717, 1.165) is 6.21 Å². The number of amides is 1. The fourth-order valence-electron chi connectivity index (χ4n) is 0.961. The molecule has 0 unspecified atom stereocenters. The molecule has 1 amide bonds. The number of benzene rings is 1. The first-order valence-corrected chi connectivity index (χ1v) is 4.26. The molecule has 0 saturated carbocycles. The third kappa shape index (κ3) is 2.77. The molecule has 0 heterocycles. The summed E-state index contributed by atoms with van der Waals surface area (Å²) in [6.07, 6.45) is -0.110. The number of hydrogen-bond acceptors (Lipinski definition) is 4. The zero-order valence-corrected chi connectivity index (χ0v) is 8.40. The fraction of sp³-hybridized carbons (Fsp3) is 0.111. The van der Waals surface area contributed by atoms with Crippen LogP contribution in [0, 0.1) is 10.1 Å². The van der Waals surface area contributed by atoms with E-state index in [2.05, 4.69) is 5.10 Å². The van der Waals surface area contributed by atoms with Crippen LogP contribution in [-0.4, -0.2) is 34.4 Å². The van der Waals surface area contributed by atoms with Crippen molar-refractivity contribution in [2.45, 2.75) is 0 Å². The molecule has 16 heavy (non-hydrogen) atoms. The summed E-state index contributed by atoms with van der Waals surface area (Å²) >= 11 is 0. The van der Waals surface area contributed by atoms with Crippen molar-refractivity contribution in [2.24, 2.45) is 5.10 Å². The van der Waals surface area contributed by atoms with Gasteiger partial charge < -0.3 is 5.11 Å². The number of nitro benzene ring substituents is 1. The highest BCUT2D eigenvalue weighted by molar-refractivity contribution is 5.85. The molecule has 0 aliphatic carbocycles. The smallest absolute Gasteiger partial charge is 0.427 e. The Balaban J connectivity index is 2.97. The molecule has 84 valence electrons. The van der Waals surface area contributed by atoms with Crippen molar-refractivity contribution in [1.29, 1.82) is 0 Å². The van der Waals surface area contributed by atoms with Gasteiger partial charge in [-0.15, -0.1) is 0 Å². The summed E-state index contributed by atoms with van der Waals surface area (Å²) in [5, 5.41) is 23.3. The number of hydrogen-bond donors (Lipinski definition) is 1. The summed E-state index contributed by atoms with van der Waals surface area (Å²) < 4.78 is 0. The van der Waals surface area contributed by atoms with E-state index in [9.17, 15) is 14.9 Å². The van der Waals surface area contributed by atoms with Crippen LogP contribution in [0.5, 0.6) is 0 Å². The maximum absolute atomic E-state index is 10.6. The Morgan fingerprint density at radius 1 is 1.56 bits per heavy atom. The molecule has 1 aromatic carbocycles. The number of nitrogens with zero attached hydrogens (tertiary/aromatic N) is 3. The van der Waals surface area contributed by atoms with Crippen molar-refractivity contribution in [1.82, 2.24) is 5.01 Å². The second-order valence-corrected chi connectivity index (χ2v) is 2.87. The van der Waals surface area contributed by atoms with Gasteiger partial charge in [0.15, 0.2) is 0 Å². The van der Waals surface area contributed by atoms with Crippen molar-refractivity contribution >= 4 is 18.0 Å². The van der Waals surface area contributed by atoms with Gasteiger partial charge in [-0.1, -0.05) is 12.1 Å². The molecule has 0 saturated heterocycles. The van der Waals surface area contributed by atoms with E-state index in [-0.39, 0.29) is 11.3 Å². The summed E-state index contributed by atoms with van der Waals surface area (Å²) in [7, 11) is 1.23. The minimum absolute atomic E-state index is 0.120. The Labute approximate surface area is 90.8 Å². The van der Waals surface area contributed by atoms with Crippen LogP contribution >= 0.6 is 0 Å². The van der Waals surface area contributed by atoms with Gasteiger partial charge in [0.1, 0.15) is 0 Å². The van der Waals surface area contributed by atoms with Crippen LogP contribution in [0.15, 0.2) is 29.4 Å². The van der Waals surface area contributed by atoms with Gasteiger partial charge in [-0.2, -0.15) is 5.10 Å². The Hall–Kier alpha value is -2.44. The lowest BCUT2D eigenvalue weighted by Crippen LogP contribution is -2.18. The first-order chi connectivity index (χ1) is 7.52. The summed E-state index contributed by atoms with van der Waals surface area (Å²) in [6.45, 7) is 0. The van der Waals surface area contributed by atoms with Crippen LogP contribution in [0.1, 0.15) is 5.56 Å². The molecule has 7 nitrogen and oxygen atoms in total. The third-order valence-electron chi connectivity index (χ3n) is 1.78. The number of carboxylic acid groups (broad SMARTS) is 1. The molecule has 0 atom stereocenters. The number of rotatable bonds is 3. The highest BCUT2D eigenvalue weighted by atomic mass is 16.6. The van der Waals surface area contributed by atoms with Crippen molar-refractivity contribution in [3.05, 3.63) is 39.9 Å². The molecule has 1 rings (SSSR count). The predicted octanol–water partition coefficient (Wildman–Crippen LogP) is 1.54. The van der Waals surface area contributed by atoms with Crippen LogP contribution in [0.3, 0.4) is 0 Å². The first kappa shape index (κ1) is 11.6. The van der Waals surface area contributed by atoms with Crippen molar-refractivity contribution in [3.8, 4) is 0 Å². The van der Waals surface area contributed by atoms with Gasteiger partial charge in [0.25, 0.3) is 5.69 Å². The molecule has 0 aliphatic heterocycles. The van der Waals surface area contributed by atoms with Crippen LogP contribution in [-0.2, 0) is 0 Å². The topological polar surface area (TPSA) is 96.0 Å². The molecule has 0 aliphatic rings. The van der Waals surface area contributed by atoms with Gasteiger partial charge in [-0.05, 0) is 6.07 Å². The van der Waals surface area contributed by atoms with Crippen LogP contribution in [0.2, 0.25) is 0 Å². The zero-order valence-electron chi connectivity index (χ0n) is 8.40.